The van der Waals surface area contributed by atoms with E-state index in [2.05, 4.69) is 0 Å². The van der Waals surface area contributed by atoms with E-state index in [9.17, 15) is 21.0 Å². The Bertz CT molecular complexity index is 1460. The first-order valence-electron chi connectivity index (χ1n) is 10.1. The maximum Gasteiger partial charge on any atom is 0.138 e. The SMILES string of the molecule is N#CC(C#N)=C(C(=C(C#N)C#N)c1ccccc1)C(=C1Sc2ccccc2S1)c1ccccc1. The first-order valence-corrected chi connectivity index (χ1v) is 11.7. The fourth-order valence-electron chi connectivity index (χ4n) is 3.58. The van der Waals surface area contributed by atoms with Crippen molar-refractivity contribution in [3.05, 3.63) is 117 Å². The summed E-state index contributed by atoms with van der Waals surface area (Å²) in [5.41, 5.74) is 2.24. The van der Waals surface area contributed by atoms with Crippen molar-refractivity contribution < 1.29 is 0 Å². The molecule has 0 saturated heterocycles. The fourth-order valence-corrected chi connectivity index (χ4v) is 6.21. The van der Waals surface area contributed by atoms with Gasteiger partial charge in [-0.15, -0.1) is 0 Å². The molecule has 1 aliphatic heterocycles. The Hall–Kier alpha value is -4.46. The highest BCUT2D eigenvalue weighted by Gasteiger charge is 2.29. The summed E-state index contributed by atoms with van der Waals surface area (Å²) in [5.74, 6) is 0. The van der Waals surface area contributed by atoms with E-state index < -0.39 is 0 Å². The zero-order valence-electron chi connectivity index (χ0n) is 17.7. The molecule has 0 aromatic heterocycles. The molecule has 0 radical (unpaired) electrons. The van der Waals surface area contributed by atoms with Crippen LogP contribution in [-0.2, 0) is 0 Å². The molecule has 0 unspecified atom stereocenters. The zero-order valence-corrected chi connectivity index (χ0v) is 19.3. The predicted molar refractivity (Wildman–Crippen MR) is 134 cm³/mol. The highest BCUT2D eigenvalue weighted by Crippen LogP contribution is 2.56. The van der Waals surface area contributed by atoms with E-state index in [0.29, 0.717) is 11.1 Å². The highest BCUT2D eigenvalue weighted by molar-refractivity contribution is 8.25. The Balaban J connectivity index is 2.14. The molecule has 158 valence electrons. The molecule has 0 spiro atoms. The predicted octanol–water partition coefficient (Wildman–Crippen LogP) is 7.10. The van der Waals surface area contributed by atoms with Gasteiger partial charge in [0.25, 0.3) is 0 Å². The number of fused-ring (bicyclic) bond motifs is 1. The van der Waals surface area contributed by atoms with Gasteiger partial charge in [-0.2, -0.15) is 21.0 Å². The van der Waals surface area contributed by atoms with E-state index in [1.165, 1.54) is 0 Å². The van der Waals surface area contributed by atoms with E-state index in [1.54, 1.807) is 47.8 Å². The molecule has 3 aromatic rings. The maximum atomic E-state index is 9.98. The van der Waals surface area contributed by atoms with Gasteiger partial charge in [-0.3, -0.25) is 0 Å². The Morgan fingerprint density at radius 2 is 0.971 bits per heavy atom. The molecule has 0 bridgehead atoms. The Kier molecular flexibility index (Phi) is 6.98. The standard InChI is InChI=1S/C28H14N4S2/c29-15-21(16-30)25(19-9-3-1-4-10-19)26(22(17-31)18-32)27(20-11-5-2-6-12-20)28-33-23-13-7-8-14-24(23)34-28/h1-14H. The van der Waals surface area contributed by atoms with Gasteiger partial charge in [0.15, 0.2) is 0 Å². The second-order valence-electron chi connectivity index (χ2n) is 6.99. The number of allylic oxidation sites excluding steroid dienone is 5. The smallest absolute Gasteiger partial charge is 0.138 e. The first kappa shape index (κ1) is 22.7. The van der Waals surface area contributed by atoms with Crippen LogP contribution in [0.4, 0.5) is 0 Å². The summed E-state index contributed by atoms with van der Waals surface area (Å²) in [7, 11) is 0. The maximum absolute atomic E-state index is 9.98. The van der Waals surface area contributed by atoms with Gasteiger partial charge in [0, 0.05) is 26.5 Å². The molecule has 6 heteroatoms. The van der Waals surface area contributed by atoms with Crippen LogP contribution in [0.15, 0.2) is 116 Å². The van der Waals surface area contributed by atoms with Gasteiger partial charge in [-0.1, -0.05) is 96.3 Å². The average Bonchev–Trinajstić information content (AvgIpc) is 3.32. The number of nitrogens with zero attached hydrogens (tertiary/aromatic N) is 4. The van der Waals surface area contributed by atoms with E-state index in [-0.39, 0.29) is 22.3 Å². The molecular formula is C28H14N4S2. The average molecular weight is 471 g/mol. The van der Waals surface area contributed by atoms with Gasteiger partial charge < -0.3 is 0 Å². The molecule has 34 heavy (non-hydrogen) atoms. The second-order valence-corrected chi connectivity index (χ2v) is 9.36. The first-order chi connectivity index (χ1) is 16.7. The molecule has 0 N–H and O–H groups in total. The molecular weight excluding hydrogens is 456 g/mol. The highest BCUT2D eigenvalue weighted by atomic mass is 32.2. The van der Waals surface area contributed by atoms with Crippen molar-refractivity contribution in [1.29, 1.82) is 21.0 Å². The topological polar surface area (TPSA) is 95.2 Å². The van der Waals surface area contributed by atoms with Gasteiger partial charge in [0.2, 0.25) is 0 Å². The summed E-state index contributed by atoms with van der Waals surface area (Å²) in [6, 6.07) is 34.4. The Labute approximate surface area is 206 Å². The minimum absolute atomic E-state index is 0.162. The monoisotopic (exact) mass is 470 g/mol. The summed E-state index contributed by atoms with van der Waals surface area (Å²) in [5, 5.41) is 39.6. The van der Waals surface area contributed by atoms with Crippen LogP contribution in [0.3, 0.4) is 0 Å². The molecule has 4 rings (SSSR count). The fraction of sp³-hybridized carbons (Fsp3) is 0. The van der Waals surface area contributed by atoms with Crippen LogP contribution in [0.25, 0.3) is 11.1 Å². The third-order valence-corrected chi connectivity index (χ3v) is 7.59. The molecule has 1 heterocycles. The summed E-state index contributed by atoms with van der Waals surface area (Å²) >= 11 is 3.09. The van der Waals surface area contributed by atoms with Crippen LogP contribution in [0.1, 0.15) is 11.1 Å². The molecule has 0 fully saturated rings. The van der Waals surface area contributed by atoms with Crippen molar-refractivity contribution in [3.8, 4) is 24.3 Å². The largest absolute Gasteiger partial charge is 0.192 e. The molecule has 3 aromatic carbocycles. The molecule has 4 nitrogen and oxygen atoms in total. The van der Waals surface area contributed by atoms with Crippen molar-refractivity contribution in [1.82, 2.24) is 0 Å². The third-order valence-electron chi connectivity index (χ3n) is 5.03. The van der Waals surface area contributed by atoms with Gasteiger partial charge in [-0.05, 0) is 23.3 Å². The van der Waals surface area contributed by atoms with Crippen LogP contribution in [0, 0.1) is 45.3 Å². The Morgan fingerprint density at radius 1 is 0.529 bits per heavy atom. The van der Waals surface area contributed by atoms with Crippen LogP contribution in [0.2, 0.25) is 0 Å². The lowest BCUT2D eigenvalue weighted by Gasteiger charge is -2.19. The lowest BCUT2D eigenvalue weighted by atomic mass is 9.84. The van der Waals surface area contributed by atoms with Crippen molar-refractivity contribution >= 4 is 34.7 Å². The number of nitriles is 4. The molecule has 0 saturated carbocycles. The number of rotatable bonds is 4. The molecule has 0 amide bonds. The molecule has 0 aliphatic carbocycles. The summed E-state index contributed by atoms with van der Waals surface area (Å²) in [6.07, 6.45) is 0. The lowest BCUT2D eigenvalue weighted by molar-refractivity contribution is 1.27. The normalized spacial score (nSPS) is 11.1. The molecule has 1 aliphatic rings. The Morgan fingerprint density at radius 3 is 1.44 bits per heavy atom. The minimum Gasteiger partial charge on any atom is -0.192 e. The number of benzene rings is 3. The van der Waals surface area contributed by atoms with E-state index in [0.717, 1.165) is 19.6 Å². The quantitative estimate of drug-likeness (QED) is 0.298. The number of hydrogen-bond donors (Lipinski definition) is 0. The van der Waals surface area contributed by atoms with Gasteiger partial charge in [0.05, 0.1) is 4.24 Å². The van der Waals surface area contributed by atoms with E-state index in [4.69, 9.17) is 0 Å². The van der Waals surface area contributed by atoms with Crippen molar-refractivity contribution in [2.24, 2.45) is 0 Å². The van der Waals surface area contributed by atoms with E-state index >= 15 is 0 Å². The van der Waals surface area contributed by atoms with Gasteiger partial charge in [0.1, 0.15) is 35.4 Å². The van der Waals surface area contributed by atoms with Gasteiger partial charge >= 0.3 is 0 Å². The van der Waals surface area contributed by atoms with Crippen LogP contribution in [-0.4, -0.2) is 0 Å². The minimum atomic E-state index is -0.163. The van der Waals surface area contributed by atoms with Crippen molar-refractivity contribution in [3.63, 3.8) is 0 Å². The second kappa shape index (κ2) is 10.4. The zero-order chi connectivity index (χ0) is 23.9. The summed E-state index contributed by atoms with van der Waals surface area (Å²) in [6.45, 7) is 0. The molecule has 0 atom stereocenters. The van der Waals surface area contributed by atoms with Crippen LogP contribution in [0.5, 0.6) is 0 Å². The van der Waals surface area contributed by atoms with Crippen molar-refractivity contribution in [2.45, 2.75) is 9.79 Å². The summed E-state index contributed by atoms with van der Waals surface area (Å²) < 4.78 is 0.870. The van der Waals surface area contributed by atoms with Crippen LogP contribution >= 0.6 is 23.5 Å². The number of thioether (sulfide) groups is 2. The third kappa shape index (κ3) is 4.38. The van der Waals surface area contributed by atoms with Gasteiger partial charge in [-0.25, -0.2) is 0 Å². The summed E-state index contributed by atoms with van der Waals surface area (Å²) in [4.78, 5) is 2.13. The van der Waals surface area contributed by atoms with E-state index in [1.807, 2.05) is 84.9 Å². The van der Waals surface area contributed by atoms with Crippen LogP contribution < -0.4 is 0 Å². The lowest BCUT2D eigenvalue weighted by Crippen LogP contribution is -2.02. The number of hydrogen-bond acceptors (Lipinski definition) is 6. The van der Waals surface area contributed by atoms with Crippen molar-refractivity contribution in [2.75, 3.05) is 0 Å².